The summed E-state index contributed by atoms with van der Waals surface area (Å²) in [4.78, 5) is 15.3. The molecule has 0 unspecified atom stereocenters. The zero-order valence-corrected chi connectivity index (χ0v) is 11.6. The van der Waals surface area contributed by atoms with E-state index in [0.717, 1.165) is 5.56 Å². The Kier molecular flexibility index (Phi) is 6.09. The molecule has 1 rings (SSSR count). The summed E-state index contributed by atoms with van der Waals surface area (Å²) < 4.78 is 10.4. The van der Waals surface area contributed by atoms with E-state index in [0.29, 0.717) is 11.5 Å². The van der Waals surface area contributed by atoms with Gasteiger partial charge < -0.3 is 19.4 Å². The minimum Gasteiger partial charge on any atom is -0.497 e. The van der Waals surface area contributed by atoms with E-state index >= 15 is 0 Å². The van der Waals surface area contributed by atoms with Crippen molar-refractivity contribution in [1.82, 2.24) is 0 Å². The monoisotopic (exact) mass is 279 g/mol. The predicted octanol–water partition coefficient (Wildman–Crippen LogP) is 2.19. The van der Waals surface area contributed by atoms with Gasteiger partial charge in [0.15, 0.2) is 5.71 Å². The van der Waals surface area contributed by atoms with Gasteiger partial charge in [-0.2, -0.15) is 0 Å². The number of hydrogen-bond donors (Lipinski definition) is 1. The maximum Gasteiger partial charge on any atom is 0.353 e. The number of methoxy groups -OCH3 is 2. The predicted molar refractivity (Wildman–Crippen MR) is 75.3 cm³/mol. The lowest BCUT2D eigenvalue weighted by molar-refractivity contribution is -0.129. The molecule has 0 fully saturated rings. The number of carboxylic acid groups (broad SMARTS) is 1. The van der Waals surface area contributed by atoms with Crippen LogP contribution < -0.4 is 9.47 Å². The Hall–Kier alpha value is -2.50. The van der Waals surface area contributed by atoms with Crippen molar-refractivity contribution in [2.75, 3.05) is 20.8 Å². The molecule has 0 aliphatic carbocycles. The Balaban J connectivity index is 2.66. The van der Waals surface area contributed by atoms with Crippen LogP contribution in [0.15, 0.2) is 29.4 Å². The van der Waals surface area contributed by atoms with Crippen LogP contribution in [0.25, 0.3) is 6.08 Å². The van der Waals surface area contributed by atoms with E-state index in [1.54, 1.807) is 38.5 Å². The molecule has 0 bridgehead atoms. The number of hydrogen-bond acceptors (Lipinski definition) is 5. The van der Waals surface area contributed by atoms with Crippen LogP contribution in [0.2, 0.25) is 0 Å². The van der Waals surface area contributed by atoms with Crippen molar-refractivity contribution in [2.24, 2.45) is 5.16 Å². The molecule has 0 aromatic heterocycles. The van der Waals surface area contributed by atoms with Crippen molar-refractivity contribution in [2.45, 2.75) is 6.92 Å². The highest BCUT2D eigenvalue weighted by Gasteiger charge is 2.02. The number of rotatable bonds is 7. The standard InChI is InChI=1S/C14H17NO5/c1-10(14(16)17)15-20-8-4-5-11-9-12(18-2)6-7-13(11)19-3/h4-7,9H,8H2,1-3H3,(H,16,17). The Labute approximate surface area is 117 Å². The average Bonchev–Trinajstić information content (AvgIpc) is 2.46. The fraction of sp³-hybridized carbons (Fsp3) is 0.286. The second-order valence-electron chi connectivity index (χ2n) is 3.79. The Morgan fingerprint density at radius 2 is 2.10 bits per heavy atom. The van der Waals surface area contributed by atoms with Crippen LogP contribution in [0.1, 0.15) is 12.5 Å². The molecule has 0 saturated heterocycles. The highest BCUT2D eigenvalue weighted by atomic mass is 16.6. The number of carboxylic acids is 1. The molecule has 0 atom stereocenters. The van der Waals surface area contributed by atoms with Crippen LogP contribution in [0, 0.1) is 0 Å². The van der Waals surface area contributed by atoms with Gasteiger partial charge in [-0.25, -0.2) is 4.79 Å². The zero-order chi connectivity index (χ0) is 15.0. The van der Waals surface area contributed by atoms with Gasteiger partial charge in [0.05, 0.1) is 14.2 Å². The average molecular weight is 279 g/mol. The molecule has 6 nitrogen and oxygen atoms in total. The normalized spacial score (nSPS) is 11.4. The van der Waals surface area contributed by atoms with Crippen LogP contribution >= 0.6 is 0 Å². The van der Waals surface area contributed by atoms with E-state index in [1.165, 1.54) is 6.92 Å². The van der Waals surface area contributed by atoms with Gasteiger partial charge in [0.2, 0.25) is 0 Å². The molecule has 0 amide bonds. The molecule has 0 saturated carbocycles. The summed E-state index contributed by atoms with van der Waals surface area (Å²) in [5.74, 6) is 0.307. The van der Waals surface area contributed by atoms with E-state index < -0.39 is 5.97 Å². The highest BCUT2D eigenvalue weighted by molar-refractivity contribution is 6.34. The van der Waals surface area contributed by atoms with E-state index in [9.17, 15) is 4.79 Å². The quantitative estimate of drug-likeness (QED) is 0.470. The number of carbonyl (C=O) groups is 1. The molecule has 0 aliphatic heterocycles. The Bertz CT molecular complexity index is 522. The van der Waals surface area contributed by atoms with Crippen molar-refractivity contribution in [3.05, 3.63) is 29.8 Å². The van der Waals surface area contributed by atoms with Crippen molar-refractivity contribution >= 4 is 17.8 Å². The molecule has 0 radical (unpaired) electrons. The smallest absolute Gasteiger partial charge is 0.353 e. The van der Waals surface area contributed by atoms with Crippen LogP contribution in [0.4, 0.5) is 0 Å². The third kappa shape index (κ3) is 4.64. The molecule has 108 valence electrons. The SMILES string of the molecule is COc1ccc(OC)c(C=CCON=C(C)C(=O)O)c1. The van der Waals surface area contributed by atoms with Crippen molar-refractivity contribution in [3.8, 4) is 11.5 Å². The van der Waals surface area contributed by atoms with E-state index in [4.69, 9.17) is 19.4 Å². The summed E-state index contributed by atoms with van der Waals surface area (Å²) in [5.41, 5.74) is 0.728. The third-order valence-electron chi connectivity index (χ3n) is 2.42. The third-order valence-corrected chi connectivity index (χ3v) is 2.42. The van der Waals surface area contributed by atoms with E-state index in [1.807, 2.05) is 6.07 Å². The second kappa shape index (κ2) is 7.83. The highest BCUT2D eigenvalue weighted by Crippen LogP contribution is 2.24. The molecule has 6 heteroatoms. The van der Waals surface area contributed by atoms with Crippen LogP contribution in [-0.2, 0) is 9.63 Å². The summed E-state index contributed by atoms with van der Waals surface area (Å²) >= 11 is 0. The first-order chi connectivity index (χ1) is 9.58. The molecule has 0 spiro atoms. The number of ether oxygens (including phenoxy) is 2. The summed E-state index contributed by atoms with van der Waals surface area (Å²) in [6, 6.07) is 5.42. The minimum atomic E-state index is -1.11. The van der Waals surface area contributed by atoms with E-state index in [2.05, 4.69) is 5.16 Å². The molecule has 0 aliphatic rings. The van der Waals surface area contributed by atoms with Gasteiger partial charge >= 0.3 is 5.97 Å². The fourth-order valence-corrected chi connectivity index (χ4v) is 1.36. The van der Waals surface area contributed by atoms with Gasteiger partial charge in [-0.15, -0.1) is 0 Å². The maximum atomic E-state index is 10.5. The van der Waals surface area contributed by atoms with Crippen molar-refractivity contribution < 1.29 is 24.2 Å². The first-order valence-electron chi connectivity index (χ1n) is 5.87. The maximum absolute atomic E-state index is 10.5. The summed E-state index contributed by atoms with van der Waals surface area (Å²) in [5, 5.41) is 12.0. The lowest BCUT2D eigenvalue weighted by Crippen LogP contribution is -2.08. The van der Waals surface area contributed by atoms with Gasteiger partial charge in [-0.1, -0.05) is 11.2 Å². The van der Waals surface area contributed by atoms with Gasteiger partial charge in [0.1, 0.15) is 18.1 Å². The van der Waals surface area contributed by atoms with Gasteiger partial charge in [-0.3, -0.25) is 0 Å². The Morgan fingerprint density at radius 1 is 1.35 bits per heavy atom. The number of nitrogens with zero attached hydrogens (tertiary/aromatic N) is 1. The van der Waals surface area contributed by atoms with Crippen LogP contribution in [-0.4, -0.2) is 37.6 Å². The van der Waals surface area contributed by atoms with Crippen LogP contribution in [0.3, 0.4) is 0 Å². The lowest BCUT2D eigenvalue weighted by atomic mass is 10.1. The molecule has 1 N–H and O–H groups in total. The molecule has 1 aromatic carbocycles. The molecule has 20 heavy (non-hydrogen) atoms. The minimum absolute atomic E-state index is 0.0997. The Morgan fingerprint density at radius 3 is 2.70 bits per heavy atom. The zero-order valence-electron chi connectivity index (χ0n) is 11.6. The summed E-state index contributed by atoms with van der Waals surface area (Å²) in [7, 11) is 3.16. The topological polar surface area (TPSA) is 77.3 Å². The molecule has 1 aromatic rings. The van der Waals surface area contributed by atoms with Gasteiger partial charge in [-0.05, 0) is 31.2 Å². The van der Waals surface area contributed by atoms with Gasteiger partial charge in [0.25, 0.3) is 0 Å². The van der Waals surface area contributed by atoms with Gasteiger partial charge in [0, 0.05) is 5.56 Å². The molecular weight excluding hydrogens is 262 g/mol. The van der Waals surface area contributed by atoms with Crippen molar-refractivity contribution in [3.63, 3.8) is 0 Å². The first kappa shape index (κ1) is 15.6. The number of oxime groups is 1. The number of aliphatic carboxylic acids is 1. The van der Waals surface area contributed by atoms with E-state index in [-0.39, 0.29) is 12.3 Å². The van der Waals surface area contributed by atoms with Crippen LogP contribution in [0.5, 0.6) is 11.5 Å². The molecular formula is C14H17NO5. The first-order valence-corrected chi connectivity index (χ1v) is 5.87. The molecule has 0 heterocycles. The number of benzene rings is 1. The van der Waals surface area contributed by atoms with Crippen molar-refractivity contribution in [1.29, 1.82) is 0 Å². The fourth-order valence-electron chi connectivity index (χ4n) is 1.36. The lowest BCUT2D eigenvalue weighted by Gasteiger charge is -2.07. The second-order valence-corrected chi connectivity index (χ2v) is 3.79. The summed E-state index contributed by atoms with van der Waals surface area (Å²) in [6.07, 6.45) is 3.49. The largest absolute Gasteiger partial charge is 0.497 e. The summed E-state index contributed by atoms with van der Waals surface area (Å²) in [6.45, 7) is 1.52.